The van der Waals surface area contributed by atoms with Gasteiger partial charge in [-0.3, -0.25) is 14.0 Å². The molecule has 0 aliphatic heterocycles. The molecular formula is C17H18N4O2S. The second-order valence-electron chi connectivity index (χ2n) is 5.72. The van der Waals surface area contributed by atoms with Crippen LogP contribution in [0.5, 0.6) is 0 Å². The highest BCUT2D eigenvalue weighted by atomic mass is 32.2. The number of fused-ring (bicyclic) bond motifs is 1. The van der Waals surface area contributed by atoms with Crippen LogP contribution in [0.25, 0.3) is 5.65 Å². The van der Waals surface area contributed by atoms with E-state index < -0.39 is 0 Å². The Bertz CT molecular complexity index is 941. The van der Waals surface area contributed by atoms with Gasteiger partial charge in [-0.15, -0.1) is 10.2 Å². The van der Waals surface area contributed by atoms with Gasteiger partial charge in [0, 0.05) is 17.5 Å². The van der Waals surface area contributed by atoms with Crippen molar-refractivity contribution in [1.82, 2.24) is 19.6 Å². The van der Waals surface area contributed by atoms with Crippen LogP contribution in [0.1, 0.15) is 46.0 Å². The summed E-state index contributed by atoms with van der Waals surface area (Å²) < 4.78 is 1.85. The maximum Gasteiger partial charge on any atom is 0.196 e. The molecule has 0 saturated heterocycles. The summed E-state index contributed by atoms with van der Waals surface area (Å²) in [6.07, 6.45) is 1.87. The first-order chi connectivity index (χ1) is 11.4. The van der Waals surface area contributed by atoms with Crippen LogP contribution in [0.2, 0.25) is 0 Å². The topological polar surface area (TPSA) is 80.1 Å². The highest BCUT2D eigenvalue weighted by Crippen LogP contribution is 2.27. The Labute approximate surface area is 143 Å². The van der Waals surface area contributed by atoms with E-state index in [1.807, 2.05) is 42.6 Å². The molecule has 1 atom stereocenters. The van der Waals surface area contributed by atoms with E-state index in [1.165, 1.54) is 18.7 Å². The summed E-state index contributed by atoms with van der Waals surface area (Å²) in [6.45, 7) is 6.96. The van der Waals surface area contributed by atoms with Crippen molar-refractivity contribution in [2.45, 2.75) is 38.1 Å². The van der Waals surface area contributed by atoms with Crippen molar-refractivity contribution < 1.29 is 9.59 Å². The summed E-state index contributed by atoms with van der Waals surface area (Å²) in [5, 5.41) is 8.55. The third-order valence-electron chi connectivity index (χ3n) is 3.97. The number of nitrogens with one attached hydrogen (secondary N) is 1. The largest absolute Gasteiger partial charge is 0.355 e. The molecule has 0 saturated carbocycles. The minimum absolute atomic E-state index is 0.0379. The van der Waals surface area contributed by atoms with Crippen LogP contribution in [0.15, 0.2) is 29.6 Å². The minimum atomic E-state index is -0.353. The zero-order valence-electron chi connectivity index (χ0n) is 14.0. The van der Waals surface area contributed by atoms with E-state index in [4.69, 9.17) is 0 Å². The number of aromatic amines is 1. The summed E-state index contributed by atoms with van der Waals surface area (Å²) in [5.74, 6) is -0.0927. The molecule has 0 amide bonds. The lowest BCUT2D eigenvalue weighted by Gasteiger charge is -2.08. The highest BCUT2D eigenvalue weighted by Gasteiger charge is 2.25. The third kappa shape index (κ3) is 2.75. The maximum absolute atomic E-state index is 12.8. The number of nitrogens with zero attached hydrogens (tertiary/aromatic N) is 3. The van der Waals surface area contributed by atoms with Crippen molar-refractivity contribution >= 4 is 29.0 Å². The number of aromatic nitrogens is 4. The molecule has 7 heteroatoms. The van der Waals surface area contributed by atoms with Gasteiger partial charge in [0.25, 0.3) is 0 Å². The molecule has 24 heavy (non-hydrogen) atoms. The van der Waals surface area contributed by atoms with Gasteiger partial charge in [-0.2, -0.15) is 0 Å². The fraction of sp³-hybridized carbons (Fsp3) is 0.294. The average Bonchev–Trinajstić information content (AvgIpc) is 3.07. The zero-order chi connectivity index (χ0) is 17.4. The molecule has 3 aromatic rings. The Kier molecular flexibility index (Phi) is 4.28. The van der Waals surface area contributed by atoms with Gasteiger partial charge in [0.05, 0.1) is 10.9 Å². The SMILES string of the molecule is CC(=O)c1c(C)[nH]c(C(=O)[C@H](C)Sc2nnc3ccccn23)c1C. The molecule has 3 heterocycles. The second-order valence-corrected chi connectivity index (χ2v) is 7.02. The van der Waals surface area contributed by atoms with Crippen LogP contribution in [0, 0.1) is 13.8 Å². The number of ketones is 2. The van der Waals surface area contributed by atoms with E-state index in [2.05, 4.69) is 15.2 Å². The Morgan fingerprint density at radius 3 is 2.67 bits per heavy atom. The molecule has 1 N–H and O–H groups in total. The second kappa shape index (κ2) is 6.24. The van der Waals surface area contributed by atoms with Crippen LogP contribution >= 0.6 is 11.8 Å². The standard InChI is InChI=1S/C17H18N4O2S/c1-9-14(11(3)22)10(2)18-15(9)16(23)12(4)24-17-20-19-13-7-5-6-8-21(13)17/h5-8,12,18H,1-4H3/t12-/m0/s1. The summed E-state index contributed by atoms with van der Waals surface area (Å²) in [7, 11) is 0. The smallest absolute Gasteiger partial charge is 0.196 e. The molecule has 0 fully saturated rings. The minimum Gasteiger partial charge on any atom is -0.355 e. The van der Waals surface area contributed by atoms with Gasteiger partial charge in [0.1, 0.15) is 0 Å². The van der Waals surface area contributed by atoms with Crippen LogP contribution in [0.4, 0.5) is 0 Å². The molecule has 3 aromatic heterocycles. The molecule has 0 radical (unpaired) electrons. The summed E-state index contributed by atoms with van der Waals surface area (Å²) in [5.41, 5.74) is 3.28. The lowest BCUT2D eigenvalue weighted by Crippen LogP contribution is -2.16. The van der Waals surface area contributed by atoms with Crippen molar-refractivity contribution in [3.63, 3.8) is 0 Å². The van der Waals surface area contributed by atoms with Crippen molar-refractivity contribution in [3.8, 4) is 0 Å². The Balaban J connectivity index is 1.88. The van der Waals surface area contributed by atoms with Crippen LogP contribution in [-0.4, -0.2) is 36.4 Å². The number of H-pyrrole nitrogens is 1. The molecular weight excluding hydrogens is 324 g/mol. The fourth-order valence-corrected chi connectivity index (χ4v) is 3.74. The van der Waals surface area contributed by atoms with E-state index in [0.29, 0.717) is 22.0 Å². The normalized spacial score (nSPS) is 12.5. The van der Waals surface area contributed by atoms with Gasteiger partial charge >= 0.3 is 0 Å². The van der Waals surface area contributed by atoms with Crippen LogP contribution < -0.4 is 0 Å². The molecule has 0 bridgehead atoms. The molecule has 0 unspecified atom stereocenters. The number of hydrogen-bond acceptors (Lipinski definition) is 5. The van der Waals surface area contributed by atoms with Crippen molar-refractivity contribution in [1.29, 1.82) is 0 Å². The highest BCUT2D eigenvalue weighted by molar-refractivity contribution is 8.00. The van der Waals surface area contributed by atoms with E-state index >= 15 is 0 Å². The molecule has 3 rings (SSSR count). The summed E-state index contributed by atoms with van der Waals surface area (Å²) >= 11 is 1.35. The molecule has 124 valence electrons. The van der Waals surface area contributed by atoms with Gasteiger partial charge in [-0.1, -0.05) is 17.8 Å². The molecule has 6 nitrogen and oxygen atoms in total. The Hall–Kier alpha value is -2.41. The van der Waals surface area contributed by atoms with Crippen LogP contribution in [-0.2, 0) is 0 Å². The average molecular weight is 342 g/mol. The quantitative estimate of drug-likeness (QED) is 0.569. The van der Waals surface area contributed by atoms with Crippen molar-refractivity contribution in [3.05, 3.63) is 46.9 Å². The fourth-order valence-electron chi connectivity index (χ4n) is 2.84. The zero-order valence-corrected chi connectivity index (χ0v) is 14.8. The van der Waals surface area contributed by atoms with Gasteiger partial charge in [-0.05, 0) is 45.4 Å². The number of hydrogen-bond donors (Lipinski definition) is 1. The predicted octanol–water partition coefficient (Wildman–Crippen LogP) is 3.24. The van der Waals surface area contributed by atoms with Crippen molar-refractivity contribution in [2.75, 3.05) is 0 Å². The lowest BCUT2D eigenvalue weighted by atomic mass is 10.0. The number of Topliss-reactive ketones (excluding diaryl/α,β-unsaturated/α-hetero) is 2. The Morgan fingerprint density at radius 2 is 2.00 bits per heavy atom. The first-order valence-electron chi connectivity index (χ1n) is 7.61. The molecule has 0 aliphatic rings. The van der Waals surface area contributed by atoms with Gasteiger partial charge < -0.3 is 4.98 Å². The summed E-state index contributed by atoms with van der Waals surface area (Å²) in [6, 6.07) is 5.65. The lowest BCUT2D eigenvalue weighted by molar-refractivity contribution is 0.0988. The number of carbonyl (C=O) groups is 2. The van der Waals surface area contributed by atoms with E-state index in [1.54, 1.807) is 6.92 Å². The van der Waals surface area contributed by atoms with E-state index in [-0.39, 0.29) is 16.8 Å². The van der Waals surface area contributed by atoms with E-state index in [0.717, 1.165) is 11.3 Å². The number of aryl methyl sites for hydroxylation is 1. The molecule has 0 aromatic carbocycles. The first kappa shape index (κ1) is 16.4. The summed E-state index contributed by atoms with van der Waals surface area (Å²) in [4.78, 5) is 27.6. The monoisotopic (exact) mass is 342 g/mol. The number of thioether (sulfide) groups is 1. The van der Waals surface area contributed by atoms with Gasteiger partial charge in [-0.25, -0.2) is 0 Å². The first-order valence-corrected chi connectivity index (χ1v) is 8.49. The number of rotatable bonds is 5. The number of carbonyl (C=O) groups excluding carboxylic acids is 2. The Morgan fingerprint density at radius 1 is 1.25 bits per heavy atom. The van der Waals surface area contributed by atoms with E-state index in [9.17, 15) is 9.59 Å². The van der Waals surface area contributed by atoms with Gasteiger partial charge in [0.2, 0.25) is 0 Å². The van der Waals surface area contributed by atoms with Crippen molar-refractivity contribution in [2.24, 2.45) is 0 Å². The maximum atomic E-state index is 12.8. The third-order valence-corrected chi connectivity index (χ3v) is 5.03. The number of pyridine rings is 1. The molecule has 0 spiro atoms. The molecule has 0 aliphatic carbocycles. The van der Waals surface area contributed by atoms with Crippen LogP contribution in [0.3, 0.4) is 0 Å². The predicted molar refractivity (Wildman–Crippen MR) is 92.9 cm³/mol. The van der Waals surface area contributed by atoms with Gasteiger partial charge in [0.15, 0.2) is 22.4 Å².